The van der Waals surface area contributed by atoms with Crippen LogP contribution in [0.5, 0.6) is 0 Å². The number of nitrogens with zero attached hydrogens (tertiary/aromatic N) is 3. The van der Waals surface area contributed by atoms with Crippen LogP contribution in [-0.2, 0) is 6.18 Å². The summed E-state index contributed by atoms with van der Waals surface area (Å²) in [5, 5.41) is 7.83. The molecule has 2 heterocycles. The number of hydrogen-bond donors (Lipinski definition) is 1. The number of pyridine rings is 1. The number of rotatable bonds is 4. The Labute approximate surface area is 163 Å². The molecule has 2 aromatic heterocycles. The van der Waals surface area contributed by atoms with Gasteiger partial charge in [0.25, 0.3) is 0 Å². The second kappa shape index (κ2) is 7.40. The Morgan fingerprint density at radius 2 is 1.81 bits per heavy atom. The van der Waals surface area contributed by atoms with Gasteiger partial charge in [-0.05, 0) is 32.0 Å². The van der Waals surface area contributed by atoms with Crippen molar-refractivity contribution >= 4 is 29.0 Å². The highest BCUT2D eigenvalue weighted by atomic mass is 35.5. The Morgan fingerprint density at radius 1 is 1.11 bits per heavy atom. The highest BCUT2D eigenvalue weighted by molar-refractivity contribution is 6.35. The number of aromatic nitrogens is 3. The highest BCUT2D eigenvalue weighted by Gasteiger charge is 2.36. The van der Waals surface area contributed by atoms with Crippen molar-refractivity contribution in [2.24, 2.45) is 0 Å². The van der Waals surface area contributed by atoms with Gasteiger partial charge < -0.3 is 5.32 Å². The van der Waals surface area contributed by atoms with Gasteiger partial charge in [-0.15, -0.1) is 0 Å². The standard InChI is InChI=1S/C18H15Cl2F3N4/c1-10-7-11(2)27(26-10)17(25-16-15(20)8-12(19)9-24-16)13-5-3-4-6-14(13)18(21,22)23/h3-9,17H,1-2H3,(H,24,25)/t17-/m0/s1. The van der Waals surface area contributed by atoms with Gasteiger partial charge in [0, 0.05) is 17.5 Å². The Balaban J connectivity index is 2.16. The van der Waals surface area contributed by atoms with Crippen molar-refractivity contribution in [3.8, 4) is 0 Å². The van der Waals surface area contributed by atoms with Gasteiger partial charge in [0.15, 0.2) is 0 Å². The van der Waals surface area contributed by atoms with Crippen molar-refractivity contribution in [3.05, 3.63) is 75.2 Å². The molecule has 3 rings (SSSR count). The first-order chi connectivity index (χ1) is 12.7. The number of hydrogen-bond acceptors (Lipinski definition) is 3. The SMILES string of the molecule is Cc1cc(C)n([C@H](Nc2ncc(Cl)cc2Cl)c2ccccc2C(F)(F)F)n1. The van der Waals surface area contributed by atoms with E-state index in [2.05, 4.69) is 15.4 Å². The quantitative estimate of drug-likeness (QED) is 0.579. The molecule has 1 atom stereocenters. The molecule has 0 aliphatic carbocycles. The summed E-state index contributed by atoms with van der Waals surface area (Å²) in [5.41, 5.74) is 0.607. The zero-order valence-corrected chi connectivity index (χ0v) is 15.9. The lowest BCUT2D eigenvalue weighted by Gasteiger charge is -2.25. The van der Waals surface area contributed by atoms with Crippen molar-refractivity contribution < 1.29 is 13.2 Å². The minimum Gasteiger partial charge on any atom is -0.343 e. The van der Waals surface area contributed by atoms with Gasteiger partial charge in [-0.25, -0.2) is 9.67 Å². The smallest absolute Gasteiger partial charge is 0.343 e. The minimum atomic E-state index is -4.52. The van der Waals surface area contributed by atoms with E-state index in [1.807, 2.05) is 0 Å². The number of halogens is 5. The molecule has 0 radical (unpaired) electrons. The van der Waals surface area contributed by atoms with Gasteiger partial charge >= 0.3 is 6.18 Å². The van der Waals surface area contributed by atoms with Crippen molar-refractivity contribution in [2.45, 2.75) is 26.2 Å². The molecule has 0 saturated heterocycles. The molecule has 0 amide bonds. The van der Waals surface area contributed by atoms with Crippen LogP contribution in [0.3, 0.4) is 0 Å². The molecule has 0 saturated carbocycles. The van der Waals surface area contributed by atoms with Crippen molar-refractivity contribution in [3.63, 3.8) is 0 Å². The summed E-state index contributed by atoms with van der Waals surface area (Å²) in [6.45, 7) is 3.53. The molecular formula is C18H15Cl2F3N4. The molecule has 0 aliphatic heterocycles. The van der Waals surface area contributed by atoms with Gasteiger partial charge in [0.1, 0.15) is 12.0 Å². The Morgan fingerprint density at radius 3 is 2.41 bits per heavy atom. The van der Waals surface area contributed by atoms with E-state index in [1.54, 1.807) is 26.0 Å². The number of anilines is 1. The van der Waals surface area contributed by atoms with E-state index in [1.165, 1.54) is 29.1 Å². The van der Waals surface area contributed by atoms with Crippen LogP contribution >= 0.6 is 23.2 Å². The third-order valence-electron chi connectivity index (χ3n) is 3.93. The summed E-state index contributed by atoms with van der Waals surface area (Å²) in [6.07, 6.45) is -4.13. The fraction of sp³-hybridized carbons (Fsp3) is 0.222. The van der Waals surface area contributed by atoms with E-state index in [0.29, 0.717) is 16.4 Å². The van der Waals surface area contributed by atoms with Gasteiger partial charge in [-0.1, -0.05) is 41.4 Å². The topological polar surface area (TPSA) is 42.7 Å². The minimum absolute atomic E-state index is 0.00372. The predicted molar refractivity (Wildman–Crippen MR) is 99.2 cm³/mol. The fourth-order valence-corrected chi connectivity index (χ4v) is 3.26. The van der Waals surface area contributed by atoms with E-state index < -0.39 is 17.9 Å². The van der Waals surface area contributed by atoms with Crippen LogP contribution in [0, 0.1) is 13.8 Å². The summed E-state index contributed by atoms with van der Waals surface area (Å²) in [4.78, 5) is 4.10. The first-order valence-corrected chi connectivity index (χ1v) is 8.69. The fourth-order valence-electron chi connectivity index (χ4n) is 2.82. The molecule has 27 heavy (non-hydrogen) atoms. The van der Waals surface area contributed by atoms with Crippen LogP contribution < -0.4 is 5.32 Å². The molecule has 9 heteroatoms. The van der Waals surface area contributed by atoms with Gasteiger partial charge in [0.05, 0.1) is 21.3 Å². The van der Waals surface area contributed by atoms with Gasteiger partial charge in [-0.3, -0.25) is 0 Å². The maximum absolute atomic E-state index is 13.6. The maximum Gasteiger partial charge on any atom is 0.416 e. The van der Waals surface area contributed by atoms with Crippen LogP contribution in [-0.4, -0.2) is 14.8 Å². The molecular weight excluding hydrogens is 400 g/mol. The molecule has 0 aliphatic rings. The lowest BCUT2D eigenvalue weighted by atomic mass is 10.0. The third kappa shape index (κ3) is 4.20. The van der Waals surface area contributed by atoms with Crippen molar-refractivity contribution in [1.29, 1.82) is 0 Å². The number of aryl methyl sites for hydroxylation is 2. The normalized spacial score (nSPS) is 12.9. The monoisotopic (exact) mass is 414 g/mol. The molecule has 3 aromatic rings. The first kappa shape index (κ1) is 19.5. The molecule has 0 spiro atoms. The Kier molecular flexibility index (Phi) is 5.35. The predicted octanol–water partition coefficient (Wildman–Crippen LogP) is 5.88. The largest absolute Gasteiger partial charge is 0.416 e. The summed E-state index contributed by atoms with van der Waals surface area (Å²) in [5.74, 6) is 0.204. The van der Waals surface area contributed by atoms with Gasteiger partial charge in [0.2, 0.25) is 0 Å². The molecule has 1 N–H and O–H groups in total. The van der Waals surface area contributed by atoms with Crippen molar-refractivity contribution in [2.75, 3.05) is 5.32 Å². The summed E-state index contributed by atoms with van der Waals surface area (Å²) < 4.78 is 42.2. The second-order valence-electron chi connectivity index (χ2n) is 5.99. The zero-order chi connectivity index (χ0) is 19.8. The molecule has 142 valence electrons. The van der Waals surface area contributed by atoms with E-state index in [9.17, 15) is 13.2 Å². The zero-order valence-electron chi connectivity index (χ0n) is 14.4. The number of nitrogens with one attached hydrogen (secondary N) is 1. The lowest BCUT2D eigenvalue weighted by Crippen LogP contribution is -2.25. The summed E-state index contributed by atoms with van der Waals surface area (Å²) in [6, 6.07) is 8.57. The lowest BCUT2D eigenvalue weighted by molar-refractivity contribution is -0.138. The van der Waals surface area contributed by atoms with Gasteiger partial charge in [-0.2, -0.15) is 18.3 Å². The highest BCUT2D eigenvalue weighted by Crippen LogP contribution is 2.37. The maximum atomic E-state index is 13.6. The third-order valence-corrected chi connectivity index (χ3v) is 4.43. The number of benzene rings is 1. The Bertz CT molecular complexity index is 969. The average Bonchev–Trinajstić information content (AvgIpc) is 2.91. The number of alkyl halides is 3. The van der Waals surface area contributed by atoms with E-state index >= 15 is 0 Å². The van der Waals surface area contributed by atoms with Crippen LogP contribution in [0.25, 0.3) is 0 Å². The van der Waals surface area contributed by atoms with Crippen LogP contribution in [0.15, 0.2) is 42.6 Å². The average molecular weight is 415 g/mol. The van der Waals surface area contributed by atoms with Crippen LogP contribution in [0.1, 0.15) is 28.7 Å². The summed E-state index contributed by atoms with van der Waals surface area (Å²) in [7, 11) is 0. The Hall–Kier alpha value is -2.25. The molecule has 4 nitrogen and oxygen atoms in total. The van der Waals surface area contributed by atoms with E-state index in [0.717, 1.165) is 6.07 Å². The molecule has 0 unspecified atom stereocenters. The summed E-state index contributed by atoms with van der Waals surface area (Å²) >= 11 is 12.0. The molecule has 0 fully saturated rings. The molecule has 1 aromatic carbocycles. The van der Waals surface area contributed by atoms with Crippen molar-refractivity contribution in [1.82, 2.24) is 14.8 Å². The van der Waals surface area contributed by atoms with E-state index in [-0.39, 0.29) is 16.4 Å². The van der Waals surface area contributed by atoms with Crippen LogP contribution in [0.4, 0.5) is 19.0 Å². The first-order valence-electron chi connectivity index (χ1n) is 7.93. The molecule has 0 bridgehead atoms. The van der Waals surface area contributed by atoms with Crippen LogP contribution in [0.2, 0.25) is 10.0 Å². The second-order valence-corrected chi connectivity index (χ2v) is 6.83. The van der Waals surface area contributed by atoms with E-state index in [4.69, 9.17) is 23.2 Å².